The first kappa shape index (κ1) is 18.7. The smallest absolute Gasteiger partial charge is 0.0681 e. The minimum absolute atomic E-state index is 0.0767. The molecule has 1 radical (unpaired) electrons. The zero-order chi connectivity index (χ0) is 17.5. The Labute approximate surface area is 147 Å². The normalized spacial score (nSPS) is 13.0. The third-order valence-electron chi connectivity index (χ3n) is 4.65. The summed E-state index contributed by atoms with van der Waals surface area (Å²) in [5.74, 6) is 0.303. The van der Waals surface area contributed by atoms with E-state index in [1.54, 1.807) is 0 Å². The van der Waals surface area contributed by atoms with Crippen LogP contribution in [0.1, 0.15) is 56.7 Å². The van der Waals surface area contributed by atoms with E-state index >= 15 is 0 Å². The van der Waals surface area contributed by atoms with Gasteiger partial charge in [-0.25, -0.2) is 0 Å². The summed E-state index contributed by atoms with van der Waals surface area (Å²) in [6.07, 6.45) is 1.05. The van der Waals surface area contributed by atoms with Crippen LogP contribution in [0.4, 0.5) is 0 Å². The highest BCUT2D eigenvalue weighted by atomic mass is 16.3. The molecule has 0 aliphatic rings. The van der Waals surface area contributed by atoms with Crippen LogP contribution in [0.3, 0.4) is 0 Å². The van der Waals surface area contributed by atoms with Gasteiger partial charge in [-0.1, -0.05) is 48.5 Å². The molecular formula is C22H30NO. The van der Waals surface area contributed by atoms with Gasteiger partial charge in [-0.2, -0.15) is 0 Å². The summed E-state index contributed by atoms with van der Waals surface area (Å²) in [5, 5.41) is 9.46. The summed E-state index contributed by atoms with van der Waals surface area (Å²) >= 11 is 0. The fourth-order valence-corrected chi connectivity index (χ4v) is 3.41. The first-order chi connectivity index (χ1) is 11.5. The van der Waals surface area contributed by atoms with Gasteiger partial charge in [-0.3, -0.25) is 4.90 Å². The molecule has 2 aromatic carbocycles. The molecule has 0 saturated carbocycles. The molecule has 2 rings (SSSR count). The highest BCUT2D eigenvalue weighted by Gasteiger charge is 2.19. The third-order valence-corrected chi connectivity index (χ3v) is 4.65. The molecule has 2 nitrogen and oxygen atoms in total. The van der Waals surface area contributed by atoms with E-state index in [2.05, 4.69) is 75.1 Å². The van der Waals surface area contributed by atoms with Crippen LogP contribution in [0.5, 0.6) is 0 Å². The molecule has 0 spiro atoms. The summed E-state index contributed by atoms with van der Waals surface area (Å²) < 4.78 is 0. The maximum absolute atomic E-state index is 9.46. The van der Waals surface area contributed by atoms with Crippen molar-refractivity contribution in [3.8, 4) is 0 Å². The molecule has 0 heterocycles. The molecule has 0 unspecified atom stereocenters. The number of nitrogens with zero attached hydrogens (tertiary/aromatic N) is 1. The molecule has 2 heteroatoms. The fraction of sp³-hybridized carbons (Fsp3) is 0.455. The Morgan fingerprint density at radius 2 is 1.67 bits per heavy atom. The summed E-state index contributed by atoms with van der Waals surface area (Å²) in [5.41, 5.74) is 3.44. The summed E-state index contributed by atoms with van der Waals surface area (Å²) in [6.45, 7) is 10.2. The van der Waals surface area contributed by atoms with Crippen molar-refractivity contribution in [1.29, 1.82) is 0 Å². The average molecular weight is 324 g/mol. The first-order valence-electron chi connectivity index (χ1n) is 8.95. The van der Waals surface area contributed by atoms with Gasteiger partial charge in [0.25, 0.3) is 0 Å². The average Bonchev–Trinajstić information content (AvgIpc) is 2.59. The first-order valence-corrected chi connectivity index (χ1v) is 8.95. The molecule has 0 aliphatic heterocycles. The Hall–Kier alpha value is -1.64. The molecule has 0 saturated heterocycles. The van der Waals surface area contributed by atoms with E-state index in [-0.39, 0.29) is 6.61 Å². The van der Waals surface area contributed by atoms with Gasteiger partial charge >= 0.3 is 0 Å². The van der Waals surface area contributed by atoms with Crippen LogP contribution in [0, 0.1) is 6.07 Å². The predicted molar refractivity (Wildman–Crippen MR) is 101 cm³/mol. The number of rotatable bonds is 8. The number of benzene rings is 2. The molecule has 0 amide bonds. The highest BCUT2D eigenvalue weighted by molar-refractivity contribution is 5.34. The van der Waals surface area contributed by atoms with Gasteiger partial charge in [-0.15, -0.1) is 0 Å². The Morgan fingerprint density at radius 1 is 1.00 bits per heavy atom. The van der Waals surface area contributed by atoms with Crippen LogP contribution < -0.4 is 0 Å². The van der Waals surface area contributed by atoms with E-state index in [0.717, 1.165) is 18.5 Å². The molecule has 1 N–H and O–H groups in total. The van der Waals surface area contributed by atoms with Gasteiger partial charge in [0.15, 0.2) is 0 Å². The maximum atomic E-state index is 9.46. The lowest BCUT2D eigenvalue weighted by molar-refractivity contribution is 0.170. The Bertz CT molecular complexity index is 598. The maximum Gasteiger partial charge on any atom is 0.0681 e. The van der Waals surface area contributed by atoms with Gasteiger partial charge in [0.05, 0.1) is 6.61 Å². The zero-order valence-electron chi connectivity index (χ0n) is 15.4. The molecule has 0 bridgehead atoms. The van der Waals surface area contributed by atoms with Crippen LogP contribution in [0.25, 0.3) is 0 Å². The Balaban J connectivity index is 2.27. The highest BCUT2D eigenvalue weighted by Crippen LogP contribution is 2.29. The lowest BCUT2D eigenvalue weighted by Crippen LogP contribution is -2.38. The second kappa shape index (κ2) is 9.00. The second-order valence-corrected chi connectivity index (χ2v) is 6.99. The monoisotopic (exact) mass is 324 g/mol. The van der Waals surface area contributed by atoms with E-state index in [4.69, 9.17) is 0 Å². The van der Waals surface area contributed by atoms with E-state index in [0.29, 0.717) is 18.0 Å². The number of hydrogen-bond donors (Lipinski definition) is 1. The van der Waals surface area contributed by atoms with E-state index < -0.39 is 0 Å². The Morgan fingerprint density at radius 3 is 2.25 bits per heavy atom. The van der Waals surface area contributed by atoms with Crippen molar-refractivity contribution in [2.75, 3.05) is 6.54 Å². The SMILES string of the molecule is CC(C)N(CC[C@H](c1[c]ccc(CO)c1)c1ccccc1)C(C)C. The molecule has 24 heavy (non-hydrogen) atoms. The summed E-state index contributed by atoms with van der Waals surface area (Å²) in [4.78, 5) is 2.53. The van der Waals surface area contributed by atoms with Crippen molar-refractivity contribution in [1.82, 2.24) is 4.90 Å². The zero-order valence-corrected chi connectivity index (χ0v) is 15.4. The van der Waals surface area contributed by atoms with Crippen LogP contribution in [0.15, 0.2) is 48.5 Å². The lowest BCUT2D eigenvalue weighted by atomic mass is 9.87. The summed E-state index contributed by atoms with van der Waals surface area (Å²) in [6, 6.07) is 21.1. The molecule has 0 aromatic heterocycles. The van der Waals surface area contributed by atoms with Crippen LogP contribution in [0.2, 0.25) is 0 Å². The van der Waals surface area contributed by atoms with Crippen molar-refractivity contribution < 1.29 is 5.11 Å². The fourth-order valence-electron chi connectivity index (χ4n) is 3.41. The second-order valence-electron chi connectivity index (χ2n) is 6.99. The van der Waals surface area contributed by atoms with Gasteiger partial charge in [0.1, 0.15) is 0 Å². The summed E-state index contributed by atoms with van der Waals surface area (Å²) in [7, 11) is 0. The standard InChI is InChI=1S/C22H30NO/c1-17(2)23(18(3)4)14-13-22(20-10-6-5-7-11-20)21-12-8-9-19(15-21)16-24/h5-11,15,17-18,22,24H,13-14,16H2,1-4H3/t22-/m0/s1. The molecule has 0 fully saturated rings. The van der Waals surface area contributed by atoms with Crippen molar-refractivity contribution in [3.05, 3.63) is 71.3 Å². The van der Waals surface area contributed by atoms with Gasteiger partial charge in [-0.05, 0) is 63.4 Å². The van der Waals surface area contributed by atoms with Crippen LogP contribution >= 0.6 is 0 Å². The van der Waals surface area contributed by atoms with Crippen molar-refractivity contribution in [2.45, 2.75) is 58.7 Å². The number of hydrogen-bond acceptors (Lipinski definition) is 2. The van der Waals surface area contributed by atoms with E-state index in [9.17, 15) is 5.11 Å². The molecule has 129 valence electrons. The number of aliphatic hydroxyl groups excluding tert-OH is 1. The third kappa shape index (κ3) is 4.93. The van der Waals surface area contributed by atoms with Crippen molar-refractivity contribution in [3.63, 3.8) is 0 Å². The minimum atomic E-state index is 0.0767. The Kier molecular flexibility index (Phi) is 7.01. The lowest BCUT2D eigenvalue weighted by Gasteiger charge is -2.32. The molecular weight excluding hydrogens is 294 g/mol. The topological polar surface area (TPSA) is 23.5 Å². The predicted octanol–water partition coefficient (Wildman–Crippen LogP) is 4.62. The minimum Gasteiger partial charge on any atom is -0.392 e. The molecule has 2 aromatic rings. The molecule has 0 aliphatic carbocycles. The quantitative estimate of drug-likeness (QED) is 0.766. The largest absolute Gasteiger partial charge is 0.392 e. The van der Waals surface area contributed by atoms with Crippen molar-refractivity contribution >= 4 is 0 Å². The molecule has 1 atom stereocenters. The number of aliphatic hydroxyl groups is 1. The van der Waals surface area contributed by atoms with Gasteiger partial charge < -0.3 is 5.11 Å². The van der Waals surface area contributed by atoms with Gasteiger partial charge in [0.2, 0.25) is 0 Å². The van der Waals surface area contributed by atoms with Crippen LogP contribution in [-0.4, -0.2) is 28.6 Å². The van der Waals surface area contributed by atoms with Crippen LogP contribution in [-0.2, 0) is 6.61 Å². The van der Waals surface area contributed by atoms with Gasteiger partial charge in [0, 0.05) is 18.0 Å². The van der Waals surface area contributed by atoms with E-state index in [1.807, 2.05) is 12.1 Å². The van der Waals surface area contributed by atoms with E-state index in [1.165, 1.54) is 11.1 Å². The van der Waals surface area contributed by atoms with Crippen molar-refractivity contribution in [2.24, 2.45) is 0 Å².